The molecule has 0 saturated carbocycles. The Morgan fingerprint density at radius 2 is 1.97 bits per heavy atom. The molecule has 5 nitrogen and oxygen atoms in total. The molecule has 2 atom stereocenters. The van der Waals surface area contributed by atoms with Crippen molar-refractivity contribution >= 4 is 17.0 Å². The van der Waals surface area contributed by atoms with E-state index in [2.05, 4.69) is 6.07 Å². The summed E-state index contributed by atoms with van der Waals surface area (Å²) in [5.41, 5.74) is 4.41. The number of nitrogens with zero attached hydrogens (tertiary/aromatic N) is 1. The van der Waals surface area contributed by atoms with Crippen LogP contribution < -0.4 is 10.4 Å². The van der Waals surface area contributed by atoms with Crippen LogP contribution in [0.2, 0.25) is 0 Å². The number of ether oxygens (including phenoxy) is 1. The van der Waals surface area contributed by atoms with Crippen LogP contribution in [0, 0.1) is 31.1 Å². The van der Waals surface area contributed by atoms with Gasteiger partial charge < -0.3 is 14.3 Å². The first-order valence-corrected chi connectivity index (χ1v) is 9.44. The molecular weight excluding hydrogens is 366 g/mol. The van der Waals surface area contributed by atoms with E-state index in [1.165, 1.54) is 12.7 Å². The molecule has 1 N–H and O–H groups in total. The number of aryl methyl sites for hydroxylation is 2. The van der Waals surface area contributed by atoms with Crippen molar-refractivity contribution in [3.8, 4) is 11.8 Å². The molecule has 0 fully saturated rings. The Morgan fingerprint density at radius 1 is 1.21 bits per heavy atom. The minimum absolute atomic E-state index is 0.0193. The predicted octanol–water partition coefficient (Wildman–Crippen LogP) is 4.21. The van der Waals surface area contributed by atoms with E-state index in [-0.39, 0.29) is 11.5 Å². The van der Waals surface area contributed by atoms with Crippen LogP contribution in [0.3, 0.4) is 0 Å². The molecule has 0 saturated heterocycles. The average Bonchev–Trinajstić information content (AvgIpc) is 2.71. The zero-order chi connectivity index (χ0) is 20.7. The first-order valence-electron chi connectivity index (χ1n) is 9.44. The minimum Gasteiger partial charge on any atom is -0.497 e. The number of nitriles is 1. The van der Waals surface area contributed by atoms with Crippen molar-refractivity contribution in [3.05, 3.63) is 80.2 Å². The van der Waals surface area contributed by atoms with Gasteiger partial charge in [0.25, 0.3) is 0 Å². The van der Waals surface area contributed by atoms with Gasteiger partial charge in [-0.3, -0.25) is 0 Å². The number of aliphatic hydroxyl groups excluding tert-OH is 1. The van der Waals surface area contributed by atoms with E-state index in [1.807, 2.05) is 38.1 Å². The maximum atomic E-state index is 12.4. The van der Waals surface area contributed by atoms with E-state index in [0.717, 1.165) is 16.7 Å². The number of hydrogen-bond acceptors (Lipinski definition) is 5. The lowest BCUT2D eigenvalue weighted by Gasteiger charge is -2.27. The van der Waals surface area contributed by atoms with Crippen molar-refractivity contribution in [2.45, 2.75) is 26.4 Å². The molecular formula is C24H21NO4. The highest BCUT2D eigenvalue weighted by Crippen LogP contribution is 2.37. The number of benzene rings is 2. The van der Waals surface area contributed by atoms with Crippen LogP contribution in [0.4, 0.5) is 0 Å². The normalized spacial score (nSPS) is 17.8. The summed E-state index contributed by atoms with van der Waals surface area (Å²) in [5, 5.41) is 21.3. The van der Waals surface area contributed by atoms with E-state index in [1.54, 1.807) is 18.2 Å². The number of methoxy groups -OCH3 is 1. The van der Waals surface area contributed by atoms with E-state index in [0.29, 0.717) is 28.7 Å². The number of hydrogen-bond donors (Lipinski definition) is 1. The topological polar surface area (TPSA) is 83.5 Å². The Morgan fingerprint density at radius 3 is 2.69 bits per heavy atom. The van der Waals surface area contributed by atoms with Crippen molar-refractivity contribution in [1.29, 1.82) is 5.26 Å². The summed E-state index contributed by atoms with van der Waals surface area (Å²) < 4.78 is 10.5. The highest BCUT2D eigenvalue weighted by Gasteiger charge is 2.27. The van der Waals surface area contributed by atoms with Crippen molar-refractivity contribution in [1.82, 2.24) is 0 Å². The van der Waals surface area contributed by atoms with E-state index in [4.69, 9.17) is 9.15 Å². The molecule has 3 aromatic rings. The summed E-state index contributed by atoms with van der Waals surface area (Å²) in [5.74, 6) is 0.303. The van der Waals surface area contributed by atoms with Gasteiger partial charge in [-0.05, 0) is 60.2 Å². The predicted molar refractivity (Wildman–Crippen MR) is 111 cm³/mol. The summed E-state index contributed by atoms with van der Waals surface area (Å²) in [6.45, 7) is 4.07. The van der Waals surface area contributed by atoms with Gasteiger partial charge >= 0.3 is 5.63 Å². The standard InChI is InChI=1S/C24H21NO4/c1-13-8-15-4-5-16(23(26)19(15)9-14(13)2)10-20-18-7-6-17(28-3)11-22(18)29-24(27)21(20)12-25/h4-9,11,16,23,26H,10H2,1-3H3/t16-,23-/m0/s1. The van der Waals surface area contributed by atoms with Gasteiger partial charge in [0.05, 0.1) is 13.2 Å². The molecule has 0 radical (unpaired) electrons. The van der Waals surface area contributed by atoms with Crippen LogP contribution >= 0.6 is 0 Å². The highest BCUT2D eigenvalue weighted by atomic mass is 16.5. The molecule has 0 amide bonds. The van der Waals surface area contributed by atoms with Gasteiger partial charge in [-0.25, -0.2) is 4.79 Å². The van der Waals surface area contributed by atoms with E-state index >= 15 is 0 Å². The van der Waals surface area contributed by atoms with Gasteiger partial charge in [0, 0.05) is 17.4 Å². The van der Waals surface area contributed by atoms with Crippen molar-refractivity contribution in [3.63, 3.8) is 0 Å². The molecule has 2 aromatic carbocycles. The molecule has 4 rings (SSSR count). The summed E-state index contributed by atoms with van der Waals surface area (Å²) in [7, 11) is 1.54. The third kappa shape index (κ3) is 3.22. The second-order valence-corrected chi connectivity index (χ2v) is 7.45. The average molecular weight is 387 g/mol. The minimum atomic E-state index is -0.721. The van der Waals surface area contributed by atoms with Crippen LogP contribution in [-0.4, -0.2) is 12.2 Å². The summed E-state index contributed by atoms with van der Waals surface area (Å²) >= 11 is 0. The molecule has 146 valence electrons. The third-order valence-electron chi connectivity index (χ3n) is 5.72. The van der Waals surface area contributed by atoms with Gasteiger partial charge in [0.2, 0.25) is 0 Å². The van der Waals surface area contributed by atoms with Crippen molar-refractivity contribution in [2.24, 2.45) is 5.92 Å². The van der Waals surface area contributed by atoms with Crippen LogP contribution in [0.1, 0.15) is 39.5 Å². The number of rotatable bonds is 3. The zero-order valence-corrected chi connectivity index (χ0v) is 16.5. The van der Waals surface area contributed by atoms with E-state index in [9.17, 15) is 15.2 Å². The summed E-state index contributed by atoms with van der Waals surface area (Å²) in [6.07, 6.45) is 3.58. The second kappa shape index (κ2) is 7.23. The smallest absolute Gasteiger partial charge is 0.354 e. The van der Waals surface area contributed by atoms with Crippen LogP contribution in [0.25, 0.3) is 17.0 Å². The van der Waals surface area contributed by atoms with Gasteiger partial charge in [0.1, 0.15) is 23.0 Å². The Balaban J connectivity index is 1.81. The molecule has 0 unspecified atom stereocenters. The van der Waals surface area contributed by atoms with Crippen molar-refractivity contribution in [2.75, 3.05) is 7.11 Å². The molecule has 1 aromatic heterocycles. The van der Waals surface area contributed by atoms with Crippen molar-refractivity contribution < 1.29 is 14.3 Å². The molecule has 0 aliphatic heterocycles. The van der Waals surface area contributed by atoms with Gasteiger partial charge in [-0.15, -0.1) is 0 Å². The Kier molecular flexibility index (Phi) is 4.73. The largest absolute Gasteiger partial charge is 0.497 e. The fraction of sp³-hybridized carbons (Fsp3) is 0.250. The molecule has 1 heterocycles. The zero-order valence-electron chi connectivity index (χ0n) is 16.5. The van der Waals surface area contributed by atoms with Crippen LogP contribution in [-0.2, 0) is 6.42 Å². The number of aliphatic hydroxyl groups is 1. The number of fused-ring (bicyclic) bond motifs is 2. The molecule has 0 spiro atoms. The third-order valence-corrected chi connectivity index (χ3v) is 5.72. The fourth-order valence-electron chi connectivity index (χ4n) is 3.94. The Labute approximate surface area is 168 Å². The lowest BCUT2D eigenvalue weighted by atomic mass is 9.81. The van der Waals surface area contributed by atoms with Gasteiger partial charge in [0.15, 0.2) is 0 Å². The summed E-state index contributed by atoms with van der Waals surface area (Å²) in [4.78, 5) is 12.4. The lowest BCUT2D eigenvalue weighted by molar-refractivity contribution is 0.130. The Hall–Kier alpha value is -3.36. The molecule has 1 aliphatic carbocycles. The van der Waals surface area contributed by atoms with Crippen LogP contribution in [0.15, 0.2) is 45.6 Å². The quantitative estimate of drug-likeness (QED) is 0.681. The second-order valence-electron chi connectivity index (χ2n) is 7.45. The summed E-state index contributed by atoms with van der Waals surface area (Å²) in [6, 6.07) is 11.3. The Bertz CT molecular complexity index is 1250. The first kappa shape index (κ1) is 19.0. The van der Waals surface area contributed by atoms with Gasteiger partial charge in [-0.2, -0.15) is 5.26 Å². The highest BCUT2D eigenvalue weighted by molar-refractivity contribution is 5.83. The monoisotopic (exact) mass is 387 g/mol. The van der Waals surface area contributed by atoms with E-state index < -0.39 is 11.7 Å². The lowest BCUT2D eigenvalue weighted by Crippen LogP contribution is -2.20. The molecule has 0 bridgehead atoms. The molecule has 5 heteroatoms. The molecule has 1 aliphatic rings. The molecule has 29 heavy (non-hydrogen) atoms. The SMILES string of the molecule is COc1ccc2c(C[C@@H]3C=Cc4cc(C)c(C)cc4[C@H]3O)c(C#N)c(=O)oc2c1. The first-order chi connectivity index (χ1) is 13.9. The maximum Gasteiger partial charge on any atom is 0.354 e. The maximum absolute atomic E-state index is 12.4. The van der Waals surface area contributed by atoms with Crippen LogP contribution in [0.5, 0.6) is 5.75 Å². The van der Waals surface area contributed by atoms with Gasteiger partial charge in [-0.1, -0.05) is 24.3 Å². The fourth-order valence-corrected chi connectivity index (χ4v) is 3.94.